The lowest BCUT2D eigenvalue weighted by atomic mass is 10.4. The van der Waals surface area contributed by atoms with Crippen molar-refractivity contribution in [3.8, 4) is 0 Å². The zero-order valence-corrected chi connectivity index (χ0v) is 5.06. The van der Waals surface area contributed by atoms with Crippen LogP contribution in [0.3, 0.4) is 0 Å². The molecule has 0 saturated heterocycles. The Morgan fingerprint density at radius 3 is 2.57 bits per heavy atom. The highest BCUT2D eigenvalue weighted by Gasteiger charge is 1.99. The standard InChI is InChI=1S/C5H9NS/c7-5-4-6-2-1-3-6/h1-2,7H,3-5H2. The fourth-order valence-corrected chi connectivity index (χ4v) is 0.806. The quantitative estimate of drug-likeness (QED) is 0.520. The Balaban J connectivity index is 2.06. The highest BCUT2D eigenvalue weighted by molar-refractivity contribution is 7.80. The maximum Gasteiger partial charge on any atom is 0.0371 e. The predicted molar refractivity (Wildman–Crippen MR) is 34.6 cm³/mol. The van der Waals surface area contributed by atoms with Gasteiger partial charge in [-0.15, -0.1) is 0 Å². The molecule has 0 N–H and O–H groups in total. The van der Waals surface area contributed by atoms with Crippen LogP contribution in [-0.4, -0.2) is 23.7 Å². The van der Waals surface area contributed by atoms with E-state index in [1.165, 1.54) is 0 Å². The molecule has 0 fully saturated rings. The van der Waals surface area contributed by atoms with Gasteiger partial charge < -0.3 is 4.90 Å². The van der Waals surface area contributed by atoms with Gasteiger partial charge in [0, 0.05) is 18.8 Å². The maximum atomic E-state index is 4.07. The number of thiol groups is 1. The molecule has 1 heterocycles. The molecule has 1 rings (SSSR count). The molecule has 0 saturated carbocycles. The molecule has 7 heavy (non-hydrogen) atoms. The third-order valence-corrected chi connectivity index (χ3v) is 1.24. The number of hydrogen-bond donors (Lipinski definition) is 1. The predicted octanol–water partition coefficient (Wildman–Crippen LogP) is 0.746. The molecule has 0 spiro atoms. The summed E-state index contributed by atoms with van der Waals surface area (Å²) in [6, 6.07) is 0. The summed E-state index contributed by atoms with van der Waals surface area (Å²) in [4.78, 5) is 2.23. The Bertz CT molecular complexity index is 80.1. The Morgan fingerprint density at radius 2 is 2.43 bits per heavy atom. The first-order chi connectivity index (χ1) is 3.43. The van der Waals surface area contributed by atoms with Gasteiger partial charge in [0.2, 0.25) is 0 Å². The van der Waals surface area contributed by atoms with Crippen molar-refractivity contribution in [2.45, 2.75) is 0 Å². The Kier molecular flexibility index (Phi) is 1.63. The van der Waals surface area contributed by atoms with Crippen LogP contribution < -0.4 is 0 Å². The molecule has 0 amide bonds. The first-order valence-electron chi connectivity index (χ1n) is 2.45. The lowest BCUT2D eigenvalue weighted by Crippen LogP contribution is -2.26. The number of hydrogen-bond acceptors (Lipinski definition) is 2. The van der Waals surface area contributed by atoms with E-state index < -0.39 is 0 Å². The van der Waals surface area contributed by atoms with Crippen LogP contribution in [0.25, 0.3) is 0 Å². The van der Waals surface area contributed by atoms with Crippen molar-refractivity contribution < 1.29 is 0 Å². The molecule has 40 valence electrons. The fraction of sp³-hybridized carbons (Fsp3) is 0.600. The van der Waals surface area contributed by atoms with Gasteiger partial charge in [-0.1, -0.05) is 0 Å². The van der Waals surface area contributed by atoms with Gasteiger partial charge in [-0.05, 0) is 12.3 Å². The topological polar surface area (TPSA) is 3.24 Å². The third kappa shape index (κ3) is 1.13. The van der Waals surface area contributed by atoms with E-state index in [1.807, 2.05) is 0 Å². The molecule has 0 aromatic heterocycles. The number of rotatable bonds is 2. The summed E-state index contributed by atoms with van der Waals surface area (Å²) in [6.45, 7) is 2.22. The molecular weight excluding hydrogens is 106 g/mol. The van der Waals surface area contributed by atoms with Gasteiger partial charge in [-0.2, -0.15) is 12.6 Å². The van der Waals surface area contributed by atoms with E-state index in [2.05, 4.69) is 29.8 Å². The zero-order chi connectivity index (χ0) is 5.11. The minimum atomic E-state index is 0.963. The van der Waals surface area contributed by atoms with Gasteiger partial charge in [-0.3, -0.25) is 0 Å². The van der Waals surface area contributed by atoms with Crippen LogP contribution in [0, 0.1) is 0 Å². The van der Waals surface area contributed by atoms with Crippen molar-refractivity contribution in [2.24, 2.45) is 0 Å². The van der Waals surface area contributed by atoms with Gasteiger partial charge >= 0.3 is 0 Å². The van der Waals surface area contributed by atoms with Crippen LogP contribution in [0.1, 0.15) is 0 Å². The van der Waals surface area contributed by atoms with E-state index in [-0.39, 0.29) is 0 Å². The van der Waals surface area contributed by atoms with Crippen LogP contribution >= 0.6 is 12.6 Å². The van der Waals surface area contributed by atoms with E-state index in [9.17, 15) is 0 Å². The van der Waals surface area contributed by atoms with E-state index in [0.29, 0.717) is 0 Å². The molecule has 0 aromatic rings. The summed E-state index contributed by atoms with van der Waals surface area (Å²) in [5, 5.41) is 0. The monoisotopic (exact) mass is 115 g/mol. The second-order valence-electron chi connectivity index (χ2n) is 1.60. The summed E-state index contributed by atoms with van der Waals surface area (Å²) in [5.41, 5.74) is 0. The van der Waals surface area contributed by atoms with Crippen molar-refractivity contribution in [2.75, 3.05) is 18.8 Å². The fourth-order valence-electron chi connectivity index (χ4n) is 0.549. The van der Waals surface area contributed by atoms with E-state index in [4.69, 9.17) is 0 Å². The largest absolute Gasteiger partial charge is 0.373 e. The SMILES string of the molecule is SCCN1C=CC1. The Morgan fingerprint density at radius 1 is 1.71 bits per heavy atom. The summed E-state index contributed by atoms with van der Waals surface area (Å²) in [7, 11) is 0. The van der Waals surface area contributed by atoms with Crippen molar-refractivity contribution in [3.05, 3.63) is 12.3 Å². The van der Waals surface area contributed by atoms with Gasteiger partial charge in [-0.25, -0.2) is 0 Å². The molecule has 1 nitrogen and oxygen atoms in total. The van der Waals surface area contributed by atoms with Gasteiger partial charge in [0.05, 0.1) is 0 Å². The summed E-state index contributed by atoms with van der Waals surface area (Å²) in [6.07, 6.45) is 4.24. The normalized spacial score (nSPS) is 17.0. The second-order valence-corrected chi connectivity index (χ2v) is 2.05. The Labute approximate surface area is 49.4 Å². The zero-order valence-electron chi connectivity index (χ0n) is 4.17. The molecule has 1 aliphatic rings. The van der Waals surface area contributed by atoms with Crippen LogP contribution in [-0.2, 0) is 0 Å². The average molecular weight is 115 g/mol. The Hall–Kier alpha value is -0.110. The molecule has 1 aliphatic heterocycles. The highest BCUT2D eigenvalue weighted by atomic mass is 32.1. The summed E-state index contributed by atoms with van der Waals surface area (Å²) < 4.78 is 0. The minimum Gasteiger partial charge on any atom is -0.373 e. The molecule has 0 radical (unpaired) electrons. The average Bonchev–Trinajstić information content (AvgIpc) is 1.55. The molecule has 0 aliphatic carbocycles. The van der Waals surface area contributed by atoms with Gasteiger partial charge in [0.15, 0.2) is 0 Å². The van der Waals surface area contributed by atoms with Crippen LogP contribution in [0.4, 0.5) is 0 Å². The van der Waals surface area contributed by atoms with Gasteiger partial charge in [0.25, 0.3) is 0 Å². The molecule has 2 heteroatoms. The van der Waals surface area contributed by atoms with Gasteiger partial charge in [0.1, 0.15) is 0 Å². The van der Waals surface area contributed by atoms with E-state index in [0.717, 1.165) is 18.8 Å². The van der Waals surface area contributed by atoms with E-state index in [1.54, 1.807) is 0 Å². The second kappa shape index (κ2) is 2.26. The van der Waals surface area contributed by atoms with Crippen molar-refractivity contribution >= 4 is 12.6 Å². The number of nitrogens with zero attached hydrogens (tertiary/aromatic N) is 1. The highest BCUT2D eigenvalue weighted by Crippen LogP contribution is 1.99. The third-order valence-electron chi connectivity index (χ3n) is 1.04. The lowest BCUT2D eigenvalue weighted by molar-refractivity contribution is 0.400. The van der Waals surface area contributed by atoms with Crippen LogP contribution in [0.5, 0.6) is 0 Å². The molecule has 0 atom stereocenters. The maximum absolute atomic E-state index is 4.07. The smallest absolute Gasteiger partial charge is 0.0371 e. The first-order valence-corrected chi connectivity index (χ1v) is 3.08. The van der Waals surface area contributed by atoms with Crippen LogP contribution in [0.2, 0.25) is 0 Å². The lowest BCUT2D eigenvalue weighted by Gasteiger charge is -2.23. The molecule has 0 unspecified atom stereocenters. The molecular formula is C5H9NS. The van der Waals surface area contributed by atoms with Crippen molar-refractivity contribution in [1.29, 1.82) is 0 Å². The molecule has 0 bridgehead atoms. The summed E-state index contributed by atoms with van der Waals surface area (Å²) in [5.74, 6) is 0.963. The summed E-state index contributed by atoms with van der Waals surface area (Å²) >= 11 is 4.07. The van der Waals surface area contributed by atoms with Crippen molar-refractivity contribution in [3.63, 3.8) is 0 Å². The molecule has 0 aromatic carbocycles. The minimum absolute atomic E-state index is 0.963. The first kappa shape index (κ1) is 5.04. The van der Waals surface area contributed by atoms with Crippen LogP contribution in [0.15, 0.2) is 12.3 Å². The van der Waals surface area contributed by atoms with E-state index >= 15 is 0 Å². The van der Waals surface area contributed by atoms with Crippen molar-refractivity contribution in [1.82, 2.24) is 4.90 Å².